The van der Waals surface area contributed by atoms with Gasteiger partial charge in [0.2, 0.25) is 0 Å². The van der Waals surface area contributed by atoms with Crippen LogP contribution in [0.1, 0.15) is 15.9 Å². The van der Waals surface area contributed by atoms with Crippen molar-refractivity contribution in [3.63, 3.8) is 0 Å². The zero-order valence-corrected chi connectivity index (χ0v) is 8.08. The summed E-state index contributed by atoms with van der Waals surface area (Å²) in [6, 6.07) is 6.75. The van der Waals surface area contributed by atoms with Gasteiger partial charge in [0.15, 0.2) is 0 Å². The second kappa shape index (κ2) is 4.58. The third-order valence-corrected chi connectivity index (χ3v) is 1.99. The summed E-state index contributed by atoms with van der Waals surface area (Å²) in [7, 11) is 0. The van der Waals surface area contributed by atoms with Crippen LogP contribution in [0, 0.1) is 5.41 Å². The molecule has 0 aliphatic rings. The summed E-state index contributed by atoms with van der Waals surface area (Å²) in [5.41, 5.74) is 6.71. The maximum atomic E-state index is 11.0. The van der Waals surface area contributed by atoms with Crippen LogP contribution in [-0.4, -0.2) is 11.5 Å². The Morgan fingerprint density at radius 3 is 2.36 bits per heavy atom. The largest absolute Gasteiger partial charge is 0.404 e. The van der Waals surface area contributed by atoms with Crippen molar-refractivity contribution in [1.82, 2.24) is 0 Å². The zero-order chi connectivity index (χ0) is 10.6. The van der Waals surface area contributed by atoms with Crippen LogP contribution in [0.2, 0.25) is 0 Å². The lowest BCUT2D eigenvalue weighted by Crippen LogP contribution is -1.99. The van der Waals surface area contributed by atoms with Crippen molar-refractivity contribution < 1.29 is 4.79 Å². The first-order valence-electron chi connectivity index (χ1n) is 3.92. The van der Waals surface area contributed by atoms with Crippen molar-refractivity contribution in [2.75, 3.05) is 0 Å². The van der Waals surface area contributed by atoms with Crippen LogP contribution in [-0.2, 0) is 0 Å². The predicted octanol–water partition coefficient (Wildman–Crippen LogP) is 2.01. The van der Waals surface area contributed by atoms with E-state index in [9.17, 15) is 4.79 Å². The summed E-state index contributed by atoms with van der Waals surface area (Å²) in [6.07, 6.45) is 2.35. The van der Waals surface area contributed by atoms with Gasteiger partial charge in [-0.2, -0.15) is 0 Å². The molecule has 0 aromatic heterocycles. The number of nitrogens with one attached hydrogen (secondary N) is 1. The van der Waals surface area contributed by atoms with Crippen LogP contribution in [0.25, 0.3) is 5.57 Å². The van der Waals surface area contributed by atoms with Crippen molar-refractivity contribution in [3.05, 3.63) is 41.6 Å². The average Bonchev–Trinajstić information content (AvgIpc) is 2.20. The number of benzene rings is 1. The molecule has 0 aliphatic heterocycles. The number of halogens is 1. The summed E-state index contributed by atoms with van der Waals surface area (Å²) in [5.74, 6) is 0. The molecule has 0 atom stereocenters. The van der Waals surface area contributed by atoms with Gasteiger partial charge in [-0.15, -0.1) is 0 Å². The molecule has 14 heavy (non-hydrogen) atoms. The quantitative estimate of drug-likeness (QED) is 0.590. The zero-order valence-electron chi connectivity index (χ0n) is 7.33. The van der Waals surface area contributed by atoms with Crippen LogP contribution < -0.4 is 5.73 Å². The minimum absolute atomic E-state index is 0.356. The molecule has 72 valence electrons. The number of nitrogens with two attached hydrogens (primary N) is 1. The minimum atomic E-state index is -0.554. The Bertz CT molecular complexity index is 399. The molecule has 0 saturated carbocycles. The molecular formula is C10H9ClN2O. The highest BCUT2D eigenvalue weighted by molar-refractivity contribution is 6.68. The van der Waals surface area contributed by atoms with Crippen molar-refractivity contribution >= 4 is 28.6 Å². The second-order valence-electron chi connectivity index (χ2n) is 2.59. The molecule has 4 heteroatoms. The van der Waals surface area contributed by atoms with Gasteiger partial charge in [-0.05, 0) is 23.2 Å². The Morgan fingerprint density at radius 2 is 1.93 bits per heavy atom. The maximum absolute atomic E-state index is 11.0. The summed E-state index contributed by atoms with van der Waals surface area (Å²) < 4.78 is 0. The molecule has 1 aromatic rings. The third kappa shape index (κ3) is 2.00. The number of carbonyl (C=O) groups is 1. The van der Waals surface area contributed by atoms with Crippen LogP contribution in [0.4, 0.5) is 0 Å². The standard InChI is InChI=1S/C10H9ClN2O/c11-10(14)9-4-2-1-3-8(9)7(5-12)6-13/h1-6,12H,13H2. The van der Waals surface area contributed by atoms with Crippen LogP contribution >= 0.6 is 11.6 Å². The molecule has 0 heterocycles. The highest BCUT2D eigenvalue weighted by atomic mass is 35.5. The summed E-state index contributed by atoms with van der Waals surface area (Å²) in [4.78, 5) is 11.0. The van der Waals surface area contributed by atoms with E-state index in [0.717, 1.165) is 6.21 Å². The Hall–Kier alpha value is -1.61. The van der Waals surface area contributed by atoms with E-state index in [2.05, 4.69) is 0 Å². The highest BCUT2D eigenvalue weighted by Gasteiger charge is 2.09. The van der Waals surface area contributed by atoms with E-state index in [1.165, 1.54) is 6.20 Å². The van der Waals surface area contributed by atoms with Crippen molar-refractivity contribution in [2.24, 2.45) is 5.73 Å². The number of hydrogen-bond acceptors (Lipinski definition) is 3. The van der Waals surface area contributed by atoms with Gasteiger partial charge in [0, 0.05) is 23.6 Å². The van der Waals surface area contributed by atoms with E-state index in [0.29, 0.717) is 16.7 Å². The van der Waals surface area contributed by atoms with Crippen molar-refractivity contribution in [3.8, 4) is 0 Å². The fourth-order valence-corrected chi connectivity index (χ4v) is 1.29. The molecule has 0 fully saturated rings. The van der Waals surface area contributed by atoms with E-state index < -0.39 is 5.24 Å². The first kappa shape index (κ1) is 10.5. The molecule has 3 nitrogen and oxygen atoms in total. The number of rotatable bonds is 3. The molecule has 0 bridgehead atoms. The Kier molecular flexibility index (Phi) is 3.42. The van der Waals surface area contributed by atoms with Gasteiger partial charge in [0.05, 0.1) is 0 Å². The SMILES string of the molecule is N=CC(=CN)c1ccccc1C(=O)Cl. The van der Waals surface area contributed by atoms with Gasteiger partial charge in [-0.3, -0.25) is 4.79 Å². The van der Waals surface area contributed by atoms with Gasteiger partial charge in [-0.1, -0.05) is 18.2 Å². The van der Waals surface area contributed by atoms with Crippen LogP contribution in [0.3, 0.4) is 0 Å². The van der Waals surface area contributed by atoms with E-state index in [1.54, 1.807) is 24.3 Å². The normalized spacial score (nSPS) is 11.1. The number of carbonyl (C=O) groups excluding carboxylic acids is 1. The van der Waals surface area contributed by atoms with Gasteiger partial charge < -0.3 is 11.1 Å². The molecule has 3 N–H and O–H groups in total. The number of allylic oxidation sites excluding steroid dienone is 1. The third-order valence-electron chi connectivity index (χ3n) is 1.78. The minimum Gasteiger partial charge on any atom is -0.404 e. The predicted molar refractivity (Wildman–Crippen MR) is 57.6 cm³/mol. The van der Waals surface area contributed by atoms with Crippen molar-refractivity contribution in [2.45, 2.75) is 0 Å². The topological polar surface area (TPSA) is 66.9 Å². The Labute approximate surface area is 86.7 Å². The lowest BCUT2D eigenvalue weighted by molar-refractivity contribution is 0.108. The van der Waals surface area contributed by atoms with Crippen LogP contribution in [0.15, 0.2) is 30.5 Å². The summed E-state index contributed by atoms with van der Waals surface area (Å²) in [6.45, 7) is 0. The van der Waals surface area contributed by atoms with E-state index in [1.807, 2.05) is 0 Å². The molecule has 0 aliphatic carbocycles. The van der Waals surface area contributed by atoms with Gasteiger partial charge in [0.25, 0.3) is 5.24 Å². The van der Waals surface area contributed by atoms with Gasteiger partial charge >= 0.3 is 0 Å². The Balaban J connectivity index is 3.33. The highest BCUT2D eigenvalue weighted by Crippen LogP contribution is 2.18. The second-order valence-corrected chi connectivity index (χ2v) is 2.93. The molecule has 0 unspecified atom stereocenters. The lowest BCUT2D eigenvalue weighted by Gasteiger charge is -2.04. The summed E-state index contributed by atoms with van der Waals surface area (Å²) in [5, 5.41) is 6.55. The van der Waals surface area contributed by atoms with Crippen molar-refractivity contribution in [1.29, 1.82) is 5.41 Å². The van der Waals surface area contributed by atoms with Crippen LogP contribution in [0.5, 0.6) is 0 Å². The first-order valence-corrected chi connectivity index (χ1v) is 4.30. The maximum Gasteiger partial charge on any atom is 0.253 e. The monoisotopic (exact) mass is 208 g/mol. The molecule has 0 spiro atoms. The molecule has 0 radical (unpaired) electrons. The van der Waals surface area contributed by atoms with E-state index in [-0.39, 0.29) is 0 Å². The lowest BCUT2D eigenvalue weighted by atomic mass is 10.0. The molecule has 1 rings (SSSR count). The number of hydrogen-bond donors (Lipinski definition) is 2. The Morgan fingerprint density at radius 1 is 1.36 bits per heavy atom. The van der Waals surface area contributed by atoms with Gasteiger partial charge in [0.1, 0.15) is 0 Å². The summed E-state index contributed by atoms with van der Waals surface area (Å²) >= 11 is 5.38. The van der Waals surface area contributed by atoms with E-state index >= 15 is 0 Å². The average molecular weight is 209 g/mol. The fraction of sp³-hybridized carbons (Fsp3) is 0. The van der Waals surface area contributed by atoms with Gasteiger partial charge in [-0.25, -0.2) is 0 Å². The molecular weight excluding hydrogens is 200 g/mol. The molecule has 0 saturated heterocycles. The smallest absolute Gasteiger partial charge is 0.253 e. The molecule has 1 aromatic carbocycles. The fourth-order valence-electron chi connectivity index (χ4n) is 1.12. The van der Waals surface area contributed by atoms with E-state index in [4.69, 9.17) is 22.7 Å². The molecule has 0 amide bonds. The first-order chi connectivity index (χ1) is 6.70.